The number of phenolic OH excluding ortho intramolecular Hbond substituents is 1. The first-order valence-electron chi connectivity index (χ1n) is 6.52. The van der Waals surface area contributed by atoms with Crippen molar-refractivity contribution in [2.75, 3.05) is 12.4 Å². The number of aryl methyl sites for hydroxylation is 1. The summed E-state index contributed by atoms with van der Waals surface area (Å²) in [6.07, 6.45) is 0. The van der Waals surface area contributed by atoms with Crippen LogP contribution in [0.25, 0.3) is 0 Å². The van der Waals surface area contributed by atoms with Gasteiger partial charge in [0.2, 0.25) is 0 Å². The number of anilines is 1. The molecule has 0 saturated carbocycles. The topological polar surface area (TPSA) is 52.6 Å². The maximum Gasteiger partial charge on any atom is 0.321 e. The molecular formula is C16H17ClN2O2. The van der Waals surface area contributed by atoms with Crippen LogP contribution >= 0.6 is 11.6 Å². The van der Waals surface area contributed by atoms with E-state index in [4.69, 9.17) is 11.6 Å². The summed E-state index contributed by atoms with van der Waals surface area (Å²) < 4.78 is 0. The van der Waals surface area contributed by atoms with Crippen LogP contribution in [0, 0.1) is 6.92 Å². The Morgan fingerprint density at radius 2 is 2.00 bits per heavy atom. The third kappa shape index (κ3) is 3.89. The fourth-order valence-corrected chi connectivity index (χ4v) is 2.04. The molecule has 21 heavy (non-hydrogen) atoms. The van der Waals surface area contributed by atoms with Gasteiger partial charge in [-0.2, -0.15) is 0 Å². The summed E-state index contributed by atoms with van der Waals surface area (Å²) in [5.74, 6) is 0.176. The smallest absolute Gasteiger partial charge is 0.321 e. The summed E-state index contributed by atoms with van der Waals surface area (Å²) in [6, 6.07) is 12.0. The number of nitrogens with zero attached hydrogens (tertiary/aromatic N) is 1. The molecule has 0 radical (unpaired) electrons. The maximum absolute atomic E-state index is 12.1. The molecule has 0 heterocycles. The van der Waals surface area contributed by atoms with Crippen LogP contribution in [0.5, 0.6) is 5.75 Å². The summed E-state index contributed by atoms with van der Waals surface area (Å²) in [7, 11) is 1.66. The number of urea groups is 1. The van der Waals surface area contributed by atoms with Crippen LogP contribution in [0.15, 0.2) is 42.5 Å². The molecule has 2 aromatic carbocycles. The Morgan fingerprint density at radius 3 is 2.67 bits per heavy atom. The zero-order valence-corrected chi connectivity index (χ0v) is 12.7. The van der Waals surface area contributed by atoms with Crippen LogP contribution in [0.4, 0.5) is 10.5 Å². The summed E-state index contributed by atoms with van der Waals surface area (Å²) in [5.41, 5.74) is 2.29. The highest BCUT2D eigenvalue weighted by atomic mass is 35.5. The average Bonchev–Trinajstić information content (AvgIpc) is 2.45. The SMILES string of the molecule is Cc1ccc(NC(=O)N(C)Cc2ccccc2O)cc1Cl. The molecule has 0 fully saturated rings. The molecule has 2 N–H and O–H groups in total. The van der Waals surface area contributed by atoms with Crippen molar-refractivity contribution >= 4 is 23.3 Å². The van der Waals surface area contributed by atoms with Gasteiger partial charge in [-0.1, -0.05) is 35.9 Å². The van der Waals surface area contributed by atoms with Crippen molar-refractivity contribution in [3.8, 4) is 5.75 Å². The van der Waals surface area contributed by atoms with Crippen molar-refractivity contribution in [3.05, 3.63) is 58.6 Å². The molecule has 0 aliphatic carbocycles. The van der Waals surface area contributed by atoms with Crippen molar-refractivity contribution in [2.45, 2.75) is 13.5 Å². The standard InChI is InChI=1S/C16H17ClN2O2/c1-11-7-8-13(9-14(11)17)18-16(21)19(2)10-12-5-3-4-6-15(12)20/h3-9,20H,10H2,1-2H3,(H,18,21). The summed E-state index contributed by atoms with van der Waals surface area (Å²) in [4.78, 5) is 13.6. The van der Waals surface area contributed by atoms with Gasteiger partial charge in [-0.05, 0) is 30.7 Å². The van der Waals surface area contributed by atoms with Gasteiger partial charge < -0.3 is 15.3 Å². The Hall–Kier alpha value is -2.20. The monoisotopic (exact) mass is 304 g/mol. The molecule has 110 valence electrons. The van der Waals surface area contributed by atoms with Crippen LogP contribution in [-0.4, -0.2) is 23.1 Å². The summed E-state index contributed by atoms with van der Waals surface area (Å²) in [6.45, 7) is 2.22. The molecule has 0 aromatic heterocycles. The van der Waals surface area contributed by atoms with Gasteiger partial charge in [0.25, 0.3) is 0 Å². The lowest BCUT2D eigenvalue weighted by molar-refractivity contribution is 0.220. The lowest BCUT2D eigenvalue weighted by Crippen LogP contribution is -2.30. The third-order valence-electron chi connectivity index (χ3n) is 3.17. The molecule has 0 spiro atoms. The zero-order valence-electron chi connectivity index (χ0n) is 11.9. The Labute approximate surface area is 129 Å². The molecule has 0 saturated heterocycles. The molecule has 0 unspecified atom stereocenters. The van der Waals surface area contributed by atoms with E-state index in [-0.39, 0.29) is 11.8 Å². The van der Waals surface area contributed by atoms with E-state index in [0.29, 0.717) is 22.8 Å². The number of carbonyl (C=O) groups excluding carboxylic acids is 1. The van der Waals surface area contributed by atoms with Crippen LogP contribution < -0.4 is 5.32 Å². The van der Waals surface area contributed by atoms with E-state index >= 15 is 0 Å². The molecule has 0 aliphatic heterocycles. The lowest BCUT2D eigenvalue weighted by Gasteiger charge is -2.19. The predicted molar refractivity (Wildman–Crippen MR) is 84.8 cm³/mol. The minimum Gasteiger partial charge on any atom is -0.508 e. The number of hydrogen-bond donors (Lipinski definition) is 2. The molecule has 4 nitrogen and oxygen atoms in total. The van der Waals surface area contributed by atoms with E-state index in [1.54, 1.807) is 37.4 Å². The molecule has 0 atom stereocenters. The van der Waals surface area contributed by atoms with Gasteiger partial charge in [0.1, 0.15) is 5.75 Å². The minimum absolute atomic E-state index is 0.176. The predicted octanol–water partition coefficient (Wildman–Crippen LogP) is 4.02. The lowest BCUT2D eigenvalue weighted by atomic mass is 10.2. The highest BCUT2D eigenvalue weighted by Crippen LogP contribution is 2.21. The second-order valence-corrected chi connectivity index (χ2v) is 5.29. The van der Waals surface area contributed by atoms with E-state index < -0.39 is 0 Å². The molecule has 2 amide bonds. The van der Waals surface area contributed by atoms with Gasteiger partial charge in [0.05, 0.1) is 6.54 Å². The average molecular weight is 305 g/mol. The number of para-hydroxylation sites is 1. The van der Waals surface area contributed by atoms with Crippen molar-refractivity contribution in [2.24, 2.45) is 0 Å². The first-order valence-corrected chi connectivity index (χ1v) is 6.90. The summed E-state index contributed by atoms with van der Waals surface area (Å²) >= 11 is 6.03. The van der Waals surface area contributed by atoms with E-state index in [2.05, 4.69) is 5.32 Å². The normalized spacial score (nSPS) is 10.2. The van der Waals surface area contributed by atoms with Crippen molar-refractivity contribution in [1.82, 2.24) is 4.90 Å². The number of nitrogens with one attached hydrogen (secondary N) is 1. The van der Waals surface area contributed by atoms with Crippen LogP contribution in [0.2, 0.25) is 5.02 Å². The Morgan fingerprint density at radius 1 is 1.29 bits per heavy atom. The number of benzene rings is 2. The van der Waals surface area contributed by atoms with Crippen molar-refractivity contribution in [3.63, 3.8) is 0 Å². The third-order valence-corrected chi connectivity index (χ3v) is 3.58. The van der Waals surface area contributed by atoms with E-state index in [1.807, 2.05) is 19.1 Å². The molecule has 5 heteroatoms. The molecule has 0 bridgehead atoms. The van der Waals surface area contributed by atoms with Gasteiger partial charge in [0.15, 0.2) is 0 Å². The molecule has 2 rings (SSSR count). The first-order chi connectivity index (χ1) is 9.97. The largest absolute Gasteiger partial charge is 0.508 e. The van der Waals surface area contributed by atoms with Crippen LogP contribution in [0.3, 0.4) is 0 Å². The van der Waals surface area contributed by atoms with E-state index in [1.165, 1.54) is 4.90 Å². The Balaban J connectivity index is 2.02. The van der Waals surface area contributed by atoms with E-state index in [9.17, 15) is 9.90 Å². The highest BCUT2D eigenvalue weighted by Gasteiger charge is 2.11. The Bertz CT molecular complexity index is 658. The number of amides is 2. The number of aromatic hydroxyl groups is 1. The molecular weight excluding hydrogens is 288 g/mol. The Kier molecular flexibility index (Phi) is 4.70. The second kappa shape index (κ2) is 6.50. The number of hydrogen-bond acceptors (Lipinski definition) is 2. The van der Waals surface area contributed by atoms with Gasteiger partial charge in [-0.15, -0.1) is 0 Å². The number of carbonyl (C=O) groups is 1. The van der Waals surface area contributed by atoms with Crippen molar-refractivity contribution < 1.29 is 9.90 Å². The quantitative estimate of drug-likeness (QED) is 0.900. The minimum atomic E-state index is -0.266. The fourth-order valence-electron chi connectivity index (χ4n) is 1.86. The number of rotatable bonds is 3. The number of halogens is 1. The maximum atomic E-state index is 12.1. The fraction of sp³-hybridized carbons (Fsp3) is 0.188. The highest BCUT2D eigenvalue weighted by molar-refractivity contribution is 6.31. The van der Waals surface area contributed by atoms with Crippen LogP contribution in [-0.2, 0) is 6.54 Å². The van der Waals surface area contributed by atoms with E-state index in [0.717, 1.165) is 5.56 Å². The van der Waals surface area contributed by atoms with Gasteiger partial charge in [0, 0.05) is 23.3 Å². The molecule has 2 aromatic rings. The second-order valence-electron chi connectivity index (χ2n) is 4.88. The number of phenols is 1. The van der Waals surface area contributed by atoms with Gasteiger partial charge in [-0.3, -0.25) is 0 Å². The van der Waals surface area contributed by atoms with Crippen molar-refractivity contribution in [1.29, 1.82) is 0 Å². The zero-order chi connectivity index (χ0) is 15.4. The first kappa shape index (κ1) is 15.2. The van der Waals surface area contributed by atoms with Gasteiger partial charge in [-0.25, -0.2) is 4.79 Å². The van der Waals surface area contributed by atoms with Gasteiger partial charge >= 0.3 is 6.03 Å². The summed E-state index contributed by atoms with van der Waals surface area (Å²) in [5, 5.41) is 13.1. The molecule has 0 aliphatic rings. The van der Waals surface area contributed by atoms with Crippen LogP contribution in [0.1, 0.15) is 11.1 Å².